The molecular formula is C23H27N3O4. The third kappa shape index (κ3) is 3.71. The van der Waals surface area contributed by atoms with Crippen LogP contribution in [0.5, 0.6) is 5.75 Å². The van der Waals surface area contributed by atoms with Crippen LogP contribution in [-0.2, 0) is 10.4 Å². The standard InChI is InChI=1S/C23H27N3O4/c1-24-11-13-25(14-12-24)16-26-20-6-4-3-5-19(20)23(29,22(26)28)15-21(27)17-7-9-18(30-2)10-8-17/h3-10,29H,11-16H2,1-2H3/t23-/m1/s1. The zero-order valence-corrected chi connectivity index (χ0v) is 17.4. The Kier molecular flexibility index (Phi) is 5.60. The van der Waals surface area contributed by atoms with E-state index in [-0.39, 0.29) is 12.2 Å². The second-order valence-corrected chi connectivity index (χ2v) is 8.00. The van der Waals surface area contributed by atoms with E-state index in [1.807, 2.05) is 12.1 Å². The lowest BCUT2D eigenvalue weighted by atomic mass is 9.88. The number of methoxy groups -OCH3 is 1. The van der Waals surface area contributed by atoms with E-state index in [2.05, 4.69) is 16.8 Å². The number of ketones is 1. The Balaban J connectivity index is 1.57. The second kappa shape index (κ2) is 8.18. The van der Waals surface area contributed by atoms with Gasteiger partial charge in [0.1, 0.15) is 5.75 Å². The van der Waals surface area contributed by atoms with Crippen LogP contribution in [0.25, 0.3) is 0 Å². The van der Waals surface area contributed by atoms with Crippen LogP contribution in [0.4, 0.5) is 5.69 Å². The molecule has 0 saturated carbocycles. The normalized spacial score (nSPS) is 22.2. The molecule has 158 valence electrons. The van der Waals surface area contributed by atoms with E-state index in [1.165, 1.54) is 0 Å². The monoisotopic (exact) mass is 409 g/mol. The molecule has 1 amide bonds. The van der Waals surface area contributed by atoms with Gasteiger partial charge in [0, 0.05) is 37.3 Å². The molecule has 0 aliphatic carbocycles. The van der Waals surface area contributed by atoms with E-state index in [9.17, 15) is 14.7 Å². The van der Waals surface area contributed by atoms with Gasteiger partial charge >= 0.3 is 0 Å². The van der Waals surface area contributed by atoms with Crippen LogP contribution in [0.1, 0.15) is 22.3 Å². The van der Waals surface area contributed by atoms with Gasteiger partial charge in [-0.1, -0.05) is 18.2 Å². The third-order valence-corrected chi connectivity index (χ3v) is 6.01. The number of benzene rings is 2. The van der Waals surface area contributed by atoms with Crippen molar-refractivity contribution in [2.24, 2.45) is 0 Å². The first-order valence-electron chi connectivity index (χ1n) is 10.1. The summed E-state index contributed by atoms with van der Waals surface area (Å²) in [7, 11) is 3.64. The highest BCUT2D eigenvalue weighted by atomic mass is 16.5. The van der Waals surface area contributed by atoms with Crippen molar-refractivity contribution in [2.75, 3.05) is 51.9 Å². The number of aliphatic hydroxyl groups is 1. The molecule has 2 aliphatic heterocycles. The number of Topliss-reactive ketones (excluding diaryl/α,β-unsaturated/α-hetero) is 1. The number of amides is 1. The van der Waals surface area contributed by atoms with Crippen molar-refractivity contribution in [1.82, 2.24) is 9.80 Å². The van der Waals surface area contributed by atoms with Gasteiger partial charge in [-0.3, -0.25) is 19.4 Å². The molecule has 0 aromatic heterocycles. The molecule has 2 aromatic carbocycles. The number of ether oxygens (including phenoxy) is 1. The summed E-state index contributed by atoms with van der Waals surface area (Å²) < 4.78 is 5.13. The maximum atomic E-state index is 13.4. The summed E-state index contributed by atoms with van der Waals surface area (Å²) in [6.07, 6.45) is -0.297. The molecule has 2 heterocycles. The molecule has 0 spiro atoms. The lowest BCUT2D eigenvalue weighted by Crippen LogP contribution is -2.51. The van der Waals surface area contributed by atoms with Crippen molar-refractivity contribution in [3.8, 4) is 5.75 Å². The van der Waals surface area contributed by atoms with E-state index in [0.29, 0.717) is 29.2 Å². The molecule has 1 saturated heterocycles. The Morgan fingerprint density at radius 3 is 2.40 bits per heavy atom. The maximum absolute atomic E-state index is 13.4. The Morgan fingerprint density at radius 2 is 1.73 bits per heavy atom. The summed E-state index contributed by atoms with van der Waals surface area (Å²) in [6.45, 7) is 3.98. The van der Waals surface area contributed by atoms with Crippen molar-refractivity contribution < 1.29 is 19.4 Å². The van der Waals surface area contributed by atoms with E-state index >= 15 is 0 Å². The van der Waals surface area contributed by atoms with Gasteiger partial charge in [-0.25, -0.2) is 0 Å². The number of hydrogen-bond donors (Lipinski definition) is 1. The SMILES string of the molecule is COc1ccc(C(=O)C[C@]2(O)C(=O)N(CN3CCN(C)CC3)c3ccccc32)cc1. The minimum atomic E-state index is -1.86. The molecular weight excluding hydrogens is 382 g/mol. The van der Waals surface area contributed by atoms with Gasteiger partial charge in [0.2, 0.25) is 0 Å². The van der Waals surface area contributed by atoms with Crippen LogP contribution >= 0.6 is 0 Å². The first-order chi connectivity index (χ1) is 14.4. The fourth-order valence-corrected chi connectivity index (χ4v) is 4.12. The van der Waals surface area contributed by atoms with Crippen molar-refractivity contribution in [3.05, 3.63) is 59.7 Å². The topological polar surface area (TPSA) is 73.3 Å². The molecule has 0 radical (unpaired) electrons. The number of rotatable bonds is 6. The predicted molar refractivity (Wildman–Crippen MR) is 114 cm³/mol. The van der Waals surface area contributed by atoms with Gasteiger partial charge in [0.05, 0.1) is 25.9 Å². The summed E-state index contributed by atoms with van der Waals surface area (Å²) in [5.74, 6) is -0.0832. The van der Waals surface area contributed by atoms with Crippen LogP contribution in [0.3, 0.4) is 0 Å². The number of anilines is 1. The van der Waals surface area contributed by atoms with E-state index < -0.39 is 11.5 Å². The molecule has 7 nitrogen and oxygen atoms in total. The summed E-state index contributed by atoms with van der Waals surface area (Å²) in [6, 6.07) is 13.9. The number of piperazine rings is 1. The number of likely N-dealkylation sites (N-methyl/N-ethyl adjacent to an activating group) is 1. The Labute approximate surface area is 176 Å². The second-order valence-electron chi connectivity index (χ2n) is 8.00. The first kappa shape index (κ1) is 20.5. The van der Waals surface area contributed by atoms with Gasteiger partial charge in [-0.05, 0) is 37.4 Å². The maximum Gasteiger partial charge on any atom is 0.265 e. The molecule has 0 bridgehead atoms. The summed E-state index contributed by atoms with van der Waals surface area (Å²) in [4.78, 5) is 32.3. The highest BCUT2D eigenvalue weighted by Gasteiger charge is 2.51. The number of fused-ring (bicyclic) bond motifs is 1. The van der Waals surface area contributed by atoms with Gasteiger partial charge in [0.25, 0.3) is 5.91 Å². The Bertz CT molecular complexity index is 938. The molecule has 2 aromatic rings. The van der Waals surface area contributed by atoms with Gasteiger partial charge in [-0.2, -0.15) is 0 Å². The highest BCUT2D eigenvalue weighted by molar-refractivity contribution is 6.10. The molecule has 0 unspecified atom stereocenters. The minimum Gasteiger partial charge on any atom is -0.497 e. The number of nitrogens with zero attached hydrogens (tertiary/aromatic N) is 3. The van der Waals surface area contributed by atoms with E-state index in [0.717, 1.165) is 26.2 Å². The van der Waals surface area contributed by atoms with Crippen molar-refractivity contribution in [3.63, 3.8) is 0 Å². The van der Waals surface area contributed by atoms with E-state index in [1.54, 1.807) is 48.4 Å². The van der Waals surface area contributed by atoms with Gasteiger partial charge in [-0.15, -0.1) is 0 Å². The van der Waals surface area contributed by atoms with Crippen LogP contribution < -0.4 is 9.64 Å². The molecule has 4 rings (SSSR count). The fraction of sp³-hybridized carbons (Fsp3) is 0.391. The minimum absolute atomic E-state index is 0.287. The van der Waals surface area contributed by atoms with Crippen LogP contribution in [0.2, 0.25) is 0 Å². The molecule has 7 heteroatoms. The smallest absolute Gasteiger partial charge is 0.265 e. The van der Waals surface area contributed by atoms with Crippen molar-refractivity contribution in [2.45, 2.75) is 12.0 Å². The molecule has 1 atom stereocenters. The lowest BCUT2D eigenvalue weighted by molar-refractivity contribution is -0.136. The van der Waals surface area contributed by atoms with Crippen LogP contribution in [0.15, 0.2) is 48.5 Å². The van der Waals surface area contributed by atoms with Gasteiger partial charge < -0.3 is 14.7 Å². The lowest BCUT2D eigenvalue weighted by Gasteiger charge is -2.35. The van der Waals surface area contributed by atoms with Crippen LogP contribution in [-0.4, -0.2) is 73.6 Å². The van der Waals surface area contributed by atoms with E-state index in [4.69, 9.17) is 4.74 Å². The first-order valence-corrected chi connectivity index (χ1v) is 10.1. The average Bonchev–Trinajstić information content (AvgIpc) is 2.97. The molecule has 30 heavy (non-hydrogen) atoms. The average molecular weight is 409 g/mol. The zero-order chi connectivity index (χ0) is 21.3. The summed E-state index contributed by atoms with van der Waals surface area (Å²) in [5, 5.41) is 11.4. The Hall–Kier alpha value is -2.74. The number of carbonyl (C=O) groups is 2. The largest absolute Gasteiger partial charge is 0.497 e. The third-order valence-electron chi connectivity index (χ3n) is 6.01. The van der Waals surface area contributed by atoms with Crippen LogP contribution in [0, 0.1) is 0 Å². The summed E-state index contributed by atoms with van der Waals surface area (Å²) >= 11 is 0. The quantitative estimate of drug-likeness (QED) is 0.733. The number of hydrogen-bond acceptors (Lipinski definition) is 6. The highest BCUT2D eigenvalue weighted by Crippen LogP contribution is 2.43. The van der Waals surface area contributed by atoms with Crippen molar-refractivity contribution >= 4 is 17.4 Å². The number of para-hydroxylation sites is 1. The predicted octanol–water partition coefficient (Wildman–Crippen LogP) is 1.71. The molecule has 2 aliphatic rings. The fourth-order valence-electron chi connectivity index (χ4n) is 4.12. The number of carbonyl (C=O) groups excluding carboxylic acids is 2. The van der Waals surface area contributed by atoms with Gasteiger partial charge in [0.15, 0.2) is 11.4 Å². The molecule has 1 N–H and O–H groups in total. The Morgan fingerprint density at radius 1 is 1.07 bits per heavy atom. The summed E-state index contributed by atoms with van der Waals surface area (Å²) in [5.41, 5.74) is -0.260. The zero-order valence-electron chi connectivity index (χ0n) is 17.4. The molecule has 1 fully saturated rings. The van der Waals surface area contributed by atoms with Crippen molar-refractivity contribution in [1.29, 1.82) is 0 Å².